The van der Waals surface area contributed by atoms with Crippen LogP contribution in [0.25, 0.3) is 0 Å². The molecule has 1 N–H and O–H groups in total. The van der Waals surface area contributed by atoms with Gasteiger partial charge in [-0.15, -0.1) is 0 Å². The van der Waals surface area contributed by atoms with Crippen molar-refractivity contribution in [2.45, 2.75) is 4.90 Å². The Kier molecular flexibility index (Phi) is 7.72. The van der Waals surface area contributed by atoms with Crippen LogP contribution in [0.1, 0.15) is 15.9 Å². The lowest BCUT2D eigenvalue weighted by Gasteiger charge is -2.25. The van der Waals surface area contributed by atoms with E-state index in [4.69, 9.17) is 21.1 Å². The first kappa shape index (κ1) is 27.2. The molecule has 8 nitrogen and oxygen atoms in total. The van der Waals surface area contributed by atoms with Gasteiger partial charge >= 0.3 is 0 Å². The fourth-order valence-electron chi connectivity index (χ4n) is 4.11. The number of amides is 1. The lowest BCUT2D eigenvalue weighted by molar-refractivity contribution is -0.114. The van der Waals surface area contributed by atoms with Gasteiger partial charge in [-0.25, -0.2) is 12.8 Å². The Labute approximate surface area is 235 Å². The second-order valence-electron chi connectivity index (χ2n) is 8.73. The van der Waals surface area contributed by atoms with Crippen LogP contribution in [0, 0.1) is 5.82 Å². The molecule has 0 saturated carbocycles. The van der Waals surface area contributed by atoms with Crippen LogP contribution in [0.4, 0.5) is 15.8 Å². The highest BCUT2D eigenvalue weighted by Crippen LogP contribution is 2.34. The Balaban J connectivity index is 1.47. The number of rotatable bonds is 8. The second kappa shape index (κ2) is 11.4. The molecule has 1 heterocycles. The Morgan fingerprint density at radius 3 is 2.30 bits per heavy atom. The van der Waals surface area contributed by atoms with E-state index in [0.717, 1.165) is 16.4 Å². The maximum atomic E-state index is 13.8. The standard InChI is InChI=1S/C29H22ClFN2O6S/c30-20-6-12-25(24(16-20)29(35)19-4-2-1-3-5-19)32-28(34)18-33(22-9-7-21(31)8-10-22)40(36,37)23-11-13-26-27(17-23)39-15-14-38-26/h1-13,16-17H,14-15,18H2,(H,32,34). The summed E-state index contributed by atoms with van der Waals surface area (Å²) in [6, 6.07) is 21.7. The maximum absolute atomic E-state index is 13.8. The van der Waals surface area contributed by atoms with E-state index in [2.05, 4.69) is 5.32 Å². The SMILES string of the molecule is O=C(CN(c1ccc(F)cc1)S(=O)(=O)c1ccc2c(c1)OCCO2)Nc1ccc(Cl)cc1C(=O)c1ccccc1. The van der Waals surface area contributed by atoms with Gasteiger partial charge in [0.15, 0.2) is 17.3 Å². The first-order chi connectivity index (χ1) is 19.2. The molecular weight excluding hydrogens is 559 g/mol. The molecule has 1 amide bonds. The number of sulfonamides is 1. The summed E-state index contributed by atoms with van der Waals surface area (Å²) in [5, 5.41) is 2.91. The molecule has 1 aliphatic rings. The predicted molar refractivity (Wildman–Crippen MR) is 148 cm³/mol. The van der Waals surface area contributed by atoms with Crippen LogP contribution >= 0.6 is 11.6 Å². The highest BCUT2D eigenvalue weighted by molar-refractivity contribution is 7.92. The number of nitrogens with one attached hydrogen (secondary N) is 1. The number of hydrogen-bond acceptors (Lipinski definition) is 6. The van der Waals surface area contributed by atoms with E-state index in [0.29, 0.717) is 17.9 Å². The van der Waals surface area contributed by atoms with Crippen LogP contribution in [0.3, 0.4) is 0 Å². The number of benzene rings is 4. The molecule has 40 heavy (non-hydrogen) atoms. The minimum absolute atomic E-state index is 0.0585. The van der Waals surface area contributed by atoms with Crippen molar-refractivity contribution >= 4 is 44.7 Å². The number of anilines is 2. The van der Waals surface area contributed by atoms with E-state index in [1.807, 2.05) is 0 Å². The van der Waals surface area contributed by atoms with Gasteiger partial charge in [0.05, 0.1) is 16.3 Å². The summed E-state index contributed by atoms with van der Waals surface area (Å²) in [6.07, 6.45) is 0. The Bertz CT molecular complexity index is 1680. The fraction of sp³-hybridized carbons (Fsp3) is 0.103. The van der Waals surface area contributed by atoms with Crippen molar-refractivity contribution in [1.82, 2.24) is 0 Å². The number of fused-ring (bicyclic) bond motifs is 1. The number of carbonyl (C=O) groups is 2. The molecule has 0 atom stereocenters. The predicted octanol–water partition coefficient (Wildman–Crippen LogP) is 5.32. The van der Waals surface area contributed by atoms with Crippen LogP contribution in [0.15, 0.2) is 95.9 Å². The zero-order chi connectivity index (χ0) is 28.3. The van der Waals surface area contributed by atoms with Crippen molar-refractivity contribution in [1.29, 1.82) is 0 Å². The average molecular weight is 581 g/mol. The van der Waals surface area contributed by atoms with Crippen molar-refractivity contribution in [3.05, 3.63) is 113 Å². The molecule has 4 aromatic rings. The van der Waals surface area contributed by atoms with Gasteiger partial charge in [-0.05, 0) is 54.6 Å². The molecular formula is C29H22ClFN2O6S. The average Bonchev–Trinajstić information content (AvgIpc) is 2.97. The molecule has 0 fully saturated rings. The molecule has 0 aromatic heterocycles. The van der Waals surface area contributed by atoms with E-state index < -0.39 is 28.3 Å². The van der Waals surface area contributed by atoms with E-state index >= 15 is 0 Å². The summed E-state index contributed by atoms with van der Waals surface area (Å²) in [6.45, 7) is -0.0872. The summed E-state index contributed by atoms with van der Waals surface area (Å²) in [5.41, 5.74) is 0.728. The minimum Gasteiger partial charge on any atom is -0.486 e. The fourth-order valence-corrected chi connectivity index (χ4v) is 5.72. The summed E-state index contributed by atoms with van der Waals surface area (Å²) >= 11 is 6.14. The quantitative estimate of drug-likeness (QED) is 0.283. The number of nitrogens with zero attached hydrogens (tertiary/aromatic N) is 1. The molecule has 0 spiro atoms. The molecule has 0 radical (unpaired) electrons. The number of carbonyl (C=O) groups excluding carboxylic acids is 2. The molecule has 0 saturated heterocycles. The molecule has 204 valence electrons. The first-order valence-electron chi connectivity index (χ1n) is 12.1. The summed E-state index contributed by atoms with van der Waals surface area (Å²) in [4.78, 5) is 26.3. The van der Waals surface area contributed by atoms with Gasteiger partial charge in [0, 0.05) is 22.2 Å². The first-order valence-corrected chi connectivity index (χ1v) is 13.9. The van der Waals surface area contributed by atoms with Gasteiger partial charge in [0.25, 0.3) is 10.0 Å². The van der Waals surface area contributed by atoms with E-state index in [-0.39, 0.29) is 45.0 Å². The normalized spacial score (nSPS) is 12.4. The third-order valence-electron chi connectivity index (χ3n) is 6.04. The van der Waals surface area contributed by atoms with E-state index in [9.17, 15) is 22.4 Å². The van der Waals surface area contributed by atoms with Crippen molar-refractivity contribution in [2.75, 3.05) is 29.4 Å². The lowest BCUT2D eigenvalue weighted by Crippen LogP contribution is -2.38. The van der Waals surface area contributed by atoms with Gasteiger partial charge < -0.3 is 14.8 Å². The van der Waals surface area contributed by atoms with Crippen molar-refractivity contribution < 1.29 is 31.9 Å². The number of halogens is 2. The molecule has 0 aliphatic carbocycles. The van der Waals surface area contributed by atoms with Crippen LogP contribution < -0.4 is 19.1 Å². The van der Waals surface area contributed by atoms with E-state index in [1.54, 1.807) is 30.3 Å². The number of ether oxygens (including phenoxy) is 2. The van der Waals surface area contributed by atoms with E-state index in [1.165, 1.54) is 48.5 Å². The maximum Gasteiger partial charge on any atom is 0.264 e. The van der Waals surface area contributed by atoms with Crippen molar-refractivity contribution in [2.24, 2.45) is 0 Å². The zero-order valence-corrected chi connectivity index (χ0v) is 22.4. The number of ketones is 1. The molecule has 5 rings (SSSR count). The van der Waals surface area contributed by atoms with Crippen LogP contribution in [-0.4, -0.2) is 39.9 Å². The smallest absolute Gasteiger partial charge is 0.264 e. The van der Waals surface area contributed by atoms with Gasteiger partial charge in [-0.3, -0.25) is 13.9 Å². The summed E-state index contributed by atoms with van der Waals surface area (Å²) in [7, 11) is -4.34. The molecule has 0 unspecified atom stereocenters. The Morgan fingerprint density at radius 1 is 0.875 bits per heavy atom. The van der Waals surface area contributed by atoms with Gasteiger partial charge in [0.2, 0.25) is 5.91 Å². The molecule has 4 aromatic carbocycles. The third kappa shape index (κ3) is 5.78. The third-order valence-corrected chi connectivity index (χ3v) is 8.04. The van der Waals surface area contributed by atoms with Crippen LogP contribution in [0.5, 0.6) is 11.5 Å². The van der Waals surface area contributed by atoms with Gasteiger partial charge in [-0.1, -0.05) is 41.9 Å². The highest BCUT2D eigenvalue weighted by Gasteiger charge is 2.29. The lowest BCUT2D eigenvalue weighted by atomic mass is 10.0. The summed E-state index contributed by atoms with van der Waals surface area (Å²) in [5.74, 6) is -1.04. The monoisotopic (exact) mass is 580 g/mol. The van der Waals surface area contributed by atoms with Crippen LogP contribution in [0.2, 0.25) is 5.02 Å². The number of hydrogen-bond donors (Lipinski definition) is 1. The largest absolute Gasteiger partial charge is 0.486 e. The van der Waals surface area contributed by atoms with Crippen LogP contribution in [-0.2, 0) is 14.8 Å². The van der Waals surface area contributed by atoms with Crippen molar-refractivity contribution in [3.8, 4) is 11.5 Å². The second-order valence-corrected chi connectivity index (χ2v) is 11.0. The minimum atomic E-state index is -4.34. The Morgan fingerprint density at radius 2 is 1.57 bits per heavy atom. The van der Waals surface area contributed by atoms with Crippen molar-refractivity contribution in [3.63, 3.8) is 0 Å². The summed E-state index contributed by atoms with van der Waals surface area (Å²) < 4.78 is 53.1. The molecule has 0 bridgehead atoms. The molecule has 1 aliphatic heterocycles. The Hall–Kier alpha value is -4.41. The van der Waals surface area contributed by atoms with Gasteiger partial charge in [-0.2, -0.15) is 0 Å². The highest BCUT2D eigenvalue weighted by atomic mass is 35.5. The zero-order valence-electron chi connectivity index (χ0n) is 20.8. The van der Waals surface area contributed by atoms with Gasteiger partial charge in [0.1, 0.15) is 25.6 Å². The molecule has 11 heteroatoms. The topological polar surface area (TPSA) is 102 Å².